The number of fused-ring (bicyclic) bond motifs is 1. The van der Waals surface area contributed by atoms with E-state index in [4.69, 9.17) is 0 Å². The van der Waals surface area contributed by atoms with Crippen molar-refractivity contribution in [1.29, 1.82) is 0 Å². The lowest BCUT2D eigenvalue weighted by Gasteiger charge is -2.28. The SMILES string of the molecule is CCCN(C(=O)Cn1c(=O)n(CC)c(=O)c2ccccc21)C(C)C(=O)Nc1ccccc1. The van der Waals surface area contributed by atoms with Crippen LogP contribution >= 0.6 is 0 Å². The molecule has 0 saturated carbocycles. The summed E-state index contributed by atoms with van der Waals surface area (Å²) in [4.78, 5) is 53.1. The van der Waals surface area contributed by atoms with Crippen LogP contribution < -0.4 is 16.6 Å². The minimum atomic E-state index is -0.735. The summed E-state index contributed by atoms with van der Waals surface area (Å²) < 4.78 is 2.43. The highest BCUT2D eigenvalue weighted by Gasteiger charge is 2.26. The Hall–Kier alpha value is -3.68. The maximum absolute atomic E-state index is 13.3. The highest BCUT2D eigenvalue weighted by molar-refractivity contribution is 5.97. The smallest absolute Gasteiger partial charge is 0.329 e. The van der Waals surface area contributed by atoms with Gasteiger partial charge in [-0.25, -0.2) is 4.79 Å². The Morgan fingerprint density at radius 2 is 1.62 bits per heavy atom. The van der Waals surface area contributed by atoms with Crippen LogP contribution in [0, 0.1) is 0 Å². The lowest BCUT2D eigenvalue weighted by atomic mass is 10.2. The van der Waals surface area contributed by atoms with Gasteiger partial charge in [-0.15, -0.1) is 0 Å². The quantitative estimate of drug-likeness (QED) is 0.587. The van der Waals surface area contributed by atoms with Crippen molar-refractivity contribution >= 4 is 28.4 Å². The first kappa shape index (κ1) is 23.0. The molecule has 0 aliphatic rings. The molecule has 0 aliphatic carbocycles. The number of carbonyl (C=O) groups excluding carboxylic acids is 2. The molecule has 1 heterocycles. The molecule has 0 spiro atoms. The Morgan fingerprint density at radius 1 is 0.969 bits per heavy atom. The Morgan fingerprint density at radius 3 is 2.28 bits per heavy atom. The van der Waals surface area contributed by atoms with Gasteiger partial charge in [0, 0.05) is 18.8 Å². The summed E-state index contributed by atoms with van der Waals surface area (Å²) in [7, 11) is 0. The molecule has 0 saturated heterocycles. The first-order valence-corrected chi connectivity index (χ1v) is 10.8. The molecule has 0 radical (unpaired) electrons. The fourth-order valence-corrected chi connectivity index (χ4v) is 3.71. The number of para-hydroxylation sites is 2. The monoisotopic (exact) mass is 436 g/mol. The third kappa shape index (κ3) is 4.64. The van der Waals surface area contributed by atoms with Crippen LogP contribution in [-0.2, 0) is 22.7 Å². The molecular formula is C24H28N4O4. The Labute approximate surface area is 186 Å². The zero-order valence-corrected chi connectivity index (χ0v) is 18.6. The maximum Gasteiger partial charge on any atom is 0.331 e. The molecule has 168 valence electrons. The van der Waals surface area contributed by atoms with Crippen LogP contribution in [0.1, 0.15) is 27.2 Å². The second-order valence-electron chi connectivity index (χ2n) is 7.55. The van der Waals surface area contributed by atoms with E-state index in [0.29, 0.717) is 29.6 Å². The number of carbonyl (C=O) groups is 2. The zero-order chi connectivity index (χ0) is 23.3. The minimum Gasteiger partial charge on any atom is -0.329 e. The molecule has 2 amide bonds. The largest absolute Gasteiger partial charge is 0.331 e. The molecule has 3 rings (SSSR count). The van der Waals surface area contributed by atoms with E-state index in [0.717, 1.165) is 4.57 Å². The van der Waals surface area contributed by atoms with Crippen molar-refractivity contribution in [3.8, 4) is 0 Å². The Balaban J connectivity index is 1.93. The Bertz CT molecular complexity index is 1230. The lowest BCUT2D eigenvalue weighted by molar-refractivity contribution is -0.138. The fraction of sp³-hybridized carbons (Fsp3) is 0.333. The highest BCUT2D eigenvalue weighted by Crippen LogP contribution is 2.12. The van der Waals surface area contributed by atoms with Gasteiger partial charge in [0.1, 0.15) is 12.6 Å². The number of nitrogens with one attached hydrogen (secondary N) is 1. The predicted molar refractivity (Wildman–Crippen MR) is 125 cm³/mol. The van der Waals surface area contributed by atoms with Crippen LogP contribution in [0.3, 0.4) is 0 Å². The van der Waals surface area contributed by atoms with Gasteiger partial charge in [-0.2, -0.15) is 0 Å². The molecule has 0 fully saturated rings. The van der Waals surface area contributed by atoms with Crippen LogP contribution in [0.2, 0.25) is 0 Å². The van der Waals surface area contributed by atoms with Gasteiger partial charge < -0.3 is 10.2 Å². The fourth-order valence-electron chi connectivity index (χ4n) is 3.71. The molecule has 32 heavy (non-hydrogen) atoms. The summed E-state index contributed by atoms with van der Waals surface area (Å²) in [5.74, 6) is -0.676. The van der Waals surface area contributed by atoms with Crippen LogP contribution in [0.25, 0.3) is 10.9 Å². The van der Waals surface area contributed by atoms with Crippen molar-refractivity contribution in [1.82, 2.24) is 14.0 Å². The first-order chi connectivity index (χ1) is 15.4. The van der Waals surface area contributed by atoms with Gasteiger partial charge in [0.15, 0.2) is 0 Å². The number of amides is 2. The molecule has 2 aromatic carbocycles. The number of hydrogen-bond acceptors (Lipinski definition) is 4. The molecule has 3 aromatic rings. The van der Waals surface area contributed by atoms with Gasteiger partial charge in [0.25, 0.3) is 5.56 Å². The third-order valence-electron chi connectivity index (χ3n) is 5.41. The maximum atomic E-state index is 13.3. The molecular weight excluding hydrogens is 408 g/mol. The topological polar surface area (TPSA) is 93.4 Å². The van der Waals surface area contributed by atoms with Crippen molar-refractivity contribution in [2.24, 2.45) is 0 Å². The molecule has 1 atom stereocenters. The Kier molecular flexibility index (Phi) is 7.25. The lowest BCUT2D eigenvalue weighted by Crippen LogP contribution is -2.49. The molecule has 1 aromatic heterocycles. The average molecular weight is 437 g/mol. The average Bonchev–Trinajstić information content (AvgIpc) is 2.80. The van der Waals surface area contributed by atoms with Crippen LogP contribution in [0.15, 0.2) is 64.2 Å². The van der Waals surface area contributed by atoms with Gasteiger partial charge >= 0.3 is 5.69 Å². The number of anilines is 1. The molecule has 1 N–H and O–H groups in total. The summed E-state index contributed by atoms with van der Waals surface area (Å²) in [5.41, 5.74) is 0.129. The van der Waals surface area contributed by atoms with Crippen LogP contribution in [0.5, 0.6) is 0 Å². The number of rotatable bonds is 8. The van der Waals surface area contributed by atoms with Gasteiger partial charge in [-0.1, -0.05) is 37.3 Å². The first-order valence-electron chi connectivity index (χ1n) is 10.8. The van der Waals surface area contributed by atoms with Crippen molar-refractivity contribution in [2.45, 2.75) is 46.3 Å². The van der Waals surface area contributed by atoms with E-state index < -0.39 is 11.7 Å². The van der Waals surface area contributed by atoms with Gasteiger partial charge in [-0.05, 0) is 44.5 Å². The number of benzene rings is 2. The van der Waals surface area contributed by atoms with Crippen molar-refractivity contribution in [2.75, 3.05) is 11.9 Å². The van der Waals surface area contributed by atoms with E-state index >= 15 is 0 Å². The molecule has 1 unspecified atom stereocenters. The van der Waals surface area contributed by atoms with E-state index in [-0.39, 0.29) is 30.5 Å². The number of aromatic nitrogens is 2. The number of nitrogens with zero attached hydrogens (tertiary/aromatic N) is 3. The van der Waals surface area contributed by atoms with Crippen LogP contribution in [0.4, 0.5) is 5.69 Å². The number of hydrogen-bond donors (Lipinski definition) is 1. The van der Waals surface area contributed by atoms with E-state index in [1.807, 2.05) is 25.1 Å². The van der Waals surface area contributed by atoms with Crippen molar-refractivity contribution in [3.63, 3.8) is 0 Å². The second kappa shape index (κ2) is 10.1. The van der Waals surface area contributed by atoms with E-state index in [1.54, 1.807) is 50.2 Å². The molecule has 0 aliphatic heterocycles. The summed E-state index contributed by atoms with van der Waals surface area (Å²) in [6.45, 7) is 5.60. The van der Waals surface area contributed by atoms with Gasteiger partial charge in [0.05, 0.1) is 10.9 Å². The standard InChI is InChI=1S/C24H28N4O4/c1-4-15-27(17(3)22(30)25-18-11-7-6-8-12-18)21(29)16-28-20-14-10-9-13-19(20)23(31)26(5-2)24(28)32/h6-14,17H,4-5,15-16H2,1-3H3,(H,25,30). The molecule has 8 heteroatoms. The summed E-state index contributed by atoms with van der Waals surface area (Å²) in [6.07, 6.45) is 0.652. The second-order valence-corrected chi connectivity index (χ2v) is 7.55. The van der Waals surface area contributed by atoms with Gasteiger partial charge in [-0.3, -0.25) is 23.5 Å². The van der Waals surface area contributed by atoms with E-state index in [2.05, 4.69) is 5.32 Å². The summed E-state index contributed by atoms with van der Waals surface area (Å²) >= 11 is 0. The molecule has 0 bridgehead atoms. The van der Waals surface area contributed by atoms with Crippen molar-refractivity contribution in [3.05, 3.63) is 75.4 Å². The minimum absolute atomic E-state index is 0.200. The highest BCUT2D eigenvalue weighted by atomic mass is 16.2. The van der Waals surface area contributed by atoms with Crippen LogP contribution in [-0.4, -0.2) is 38.4 Å². The zero-order valence-electron chi connectivity index (χ0n) is 18.6. The third-order valence-corrected chi connectivity index (χ3v) is 5.41. The summed E-state index contributed by atoms with van der Waals surface area (Å²) in [6, 6.07) is 15.0. The molecule has 8 nitrogen and oxygen atoms in total. The van der Waals surface area contributed by atoms with Gasteiger partial charge in [0.2, 0.25) is 11.8 Å². The van der Waals surface area contributed by atoms with E-state index in [9.17, 15) is 19.2 Å². The predicted octanol–water partition coefficient (Wildman–Crippen LogP) is 2.45. The van der Waals surface area contributed by atoms with E-state index in [1.165, 1.54) is 9.47 Å². The van der Waals surface area contributed by atoms with Crippen molar-refractivity contribution < 1.29 is 9.59 Å². The normalized spacial score (nSPS) is 11.8. The summed E-state index contributed by atoms with van der Waals surface area (Å²) in [5, 5.41) is 3.19.